The van der Waals surface area contributed by atoms with Gasteiger partial charge in [0.25, 0.3) is 0 Å². The molecule has 0 bridgehead atoms. The van der Waals surface area contributed by atoms with Crippen molar-refractivity contribution in [3.63, 3.8) is 0 Å². The lowest BCUT2D eigenvalue weighted by Gasteiger charge is -2.31. The van der Waals surface area contributed by atoms with E-state index in [4.69, 9.17) is 4.74 Å². The van der Waals surface area contributed by atoms with Crippen LogP contribution in [0.25, 0.3) is 0 Å². The van der Waals surface area contributed by atoms with Crippen LogP contribution in [-0.2, 0) is 9.53 Å². The molecule has 0 atom stereocenters. The highest BCUT2D eigenvalue weighted by Gasteiger charge is 2.27. The highest BCUT2D eigenvalue weighted by molar-refractivity contribution is 5.76. The monoisotopic (exact) mass is 308 g/mol. The van der Waals surface area contributed by atoms with Gasteiger partial charge in [-0.15, -0.1) is 0 Å². The molecular formula is C17H28N2O3. The van der Waals surface area contributed by atoms with Gasteiger partial charge in [-0.2, -0.15) is 0 Å². The van der Waals surface area contributed by atoms with Gasteiger partial charge in [0.05, 0.1) is 12.5 Å². The second-order valence-electron chi connectivity index (χ2n) is 6.10. The van der Waals surface area contributed by atoms with Crippen molar-refractivity contribution in [1.29, 1.82) is 0 Å². The molecule has 5 heteroatoms. The maximum Gasteiger partial charge on any atom is 0.317 e. The number of urea groups is 1. The number of nitrogens with one attached hydrogen (secondary N) is 1. The molecule has 1 saturated heterocycles. The highest BCUT2D eigenvalue weighted by Crippen LogP contribution is 2.20. The number of carbonyl (C=O) groups is 2. The Hall–Kier alpha value is -1.52. The van der Waals surface area contributed by atoms with Gasteiger partial charge >= 0.3 is 12.0 Å². The van der Waals surface area contributed by atoms with Crippen molar-refractivity contribution in [2.75, 3.05) is 26.2 Å². The Morgan fingerprint density at radius 3 is 2.73 bits per heavy atom. The zero-order chi connectivity index (χ0) is 15.8. The van der Waals surface area contributed by atoms with E-state index in [-0.39, 0.29) is 17.9 Å². The SMILES string of the molecule is CCOC(=O)C1CCN(C(=O)NCCC2=CCCCC2)CC1. The van der Waals surface area contributed by atoms with Crippen LogP contribution in [-0.4, -0.2) is 43.1 Å². The summed E-state index contributed by atoms with van der Waals surface area (Å²) in [4.78, 5) is 25.6. The summed E-state index contributed by atoms with van der Waals surface area (Å²) in [5.74, 6) is -0.164. The lowest BCUT2D eigenvalue weighted by atomic mass is 9.97. The molecule has 1 heterocycles. The molecule has 0 aromatic carbocycles. The van der Waals surface area contributed by atoms with Crippen molar-refractivity contribution in [3.05, 3.63) is 11.6 Å². The van der Waals surface area contributed by atoms with Crippen molar-refractivity contribution in [2.24, 2.45) is 5.92 Å². The van der Waals surface area contributed by atoms with Crippen LogP contribution in [0, 0.1) is 5.92 Å². The standard InChI is InChI=1S/C17H28N2O3/c1-2-22-16(20)15-9-12-19(13-10-15)17(21)18-11-8-14-6-4-3-5-7-14/h6,15H,2-5,7-13H2,1H3,(H,18,21). The van der Waals surface area contributed by atoms with E-state index in [2.05, 4.69) is 11.4 Å². The number of ether oxygens (including phenoxy) is 1. The van der Waals surface area contributed by atoms with E-state index in [0.717, 1.165) is 6.42 Å². The minimum absolute atomic E-state index is 0.00119. The fraction of sp³-hybridized carbons (Fsp3) is 0.765. The molecule has 1 N–H and O–H groups in total. The molecule has 2 aliphatic rings. The van der Waals surface area contributed by atoms with Crippen LogP contribution in [0.4, 0.5) is 4.79 Å². The number of likely N-dealkylation sites (tertiary alicyclic amines) is 1. The average Bonchev–Trinajstić information content (AvgIpc) is 2.56. The number of esters is 1. The van der Waals surface area contributed by atoms with Gasteiger partial charge in [0.15, 0.2) is 0 Å². The predicted molar refractivity (Wildman–Crippen MR) is 85.5 cm³/mol. The molecule has 0 aromatic rings. The van der Waals surface area contributed by atoms with E-state index in [0.29, 0.717) is 39.1 Å². The molecule has 0 aromatic heterocycles. The minimum Gasteiger partial charge on any atom is -0.466 e. The molecule has 22 heavy (non-hydrogen) atoms. The van der Waals surface area contributed by atoms with Gasteiger partial charge in [-0.05, 0) is 51.9 Å². The molecule has 2 rings (SSSR count). The normalized spacial score (nSPS) is 19.5. The Balaban J connectivity index is 1.64. The van der Waals surface area contributed by atoms with Crippen molar-refractivity contribution in [3.8, 4) is 0 Å². The van der Waals surface area contributed by atoms with Gasteiger partial charge in [-0.1, -0.05) is 11.6 Å². The number of piperidine rings is 1. The van der Waals surface area contributed by atoms with Gasteiger partial charge in [0.2, 0.25) is 0 Å². The zero-order valence-electron chi connectivity index (χ0n) is 13.6. The molecule has 1 fully saturated rings. The van der Waals surface area contributed by atoms with Crippen molar-refractivity contribution in [2.45, 2.75) is 51.9 Å². The number of carbonyl (C=O) groups excluding carboxylic acids is 2. The predicted octanol–water partition coefficient (Wildman–Crippen LogP) is 2.86. The fourth-order valence-electron chi connectivity index (χ4n) is 3.15. The average molecular weight is 308 g/mol. The summed E-state index contributed by atoms with van der Waals surface area (Å²) in [5.41, 5.74) is 1.48. The van der Waals surface area contributed by atoms with Crippen LogP contribution in [0.2, 0.25) is 0 Å². The molecule has 0 saturated carbocycles. The second kappa shape index (κ2) is 8.81. The van der Waals surface area contributed by atoms with Crippen molar-refractivity contribution >= 4 is 12.0 Å². The van der Waals surface area contributed by atoms with E-state index in [1.54, 1.807) is 0 Å². The van der Waals surface area contributed by atoms with Crippen LogP contribution in [0.15, 0.2) is 11.6 Å². The number of hydrogen-bond acceptors (Lipinski definition) is 3. The maximum atomic E-state index is 12.1. The molecule has 0 unspecified atom stereocenters. The van der Waals surface area contributed by atoms with Gasteiger partial charge in [-0.25, -0.2) is 4.79 Å². The summed E-state index contributed by atoms with van der Waals surface area (Å²) in [6, 6.07) is -0.00119. The van der Waals surface area contributed by atoms with E-state index in [1.807, 2.05) is 11.8 Å². The molecule has 124 valence electrons. The van der Waals surface area contributed by atoms with Crippen molar-refractivity contribution < 1.29 is 14.3 Å². The summed E-state index contributed by atoms with van der Waals surface area (Å²) in [6.07, 6.45) is 9.64. The van der Waals surface area contributed by atoms with E-state index in [1.165, 1.54) is 31.3 Å². The number of allylic oxidation sites excluding steroid dienone is 1. The Kier molecular flexibility index (Phi) is 6.74. The van der Waals surface area contributed by atoms with Crippen LogP contribution < -0.4 is 5.32 Å². The van der Waals surface area contributed by atoms with E-state index in [9.17, 15) is 9.59 Å². The third-order valence-corrected chi connectivity index (χ3v) is 4.51. The summed E-state index contributed by atoms with van der Waals surface area (Å²) < 4.78 is 5.04. The zero-order valence-corrected chi connectivity index (χ0v) is 13.6. The quantitative estimate of drug-likeness (QED) is 0.627. The summed E-state index contributed by atoms with van der Waals surface area (Å²) >= 11 is 0. The Morgan fingerprint density at radius 2 is 2.09 bits per heavy atom. The number of hydrogen-bond donors (Lipinski definition) is 1. The molecule has 1 aliphatic heterocycles. The van der Waals surface area contributed by atoms with E-state index >= 15 is 0 Å². The van der Waals surface area contributed by atoms with Gasteiger partial charge in [0, 0.05) is 19.6 Å². The number of nitrogens with zero attached hydrogens (tertiary/aromatic N) is 1. The number of rotatable bonds is 5. The molecule has 0 spiro atoms. The highest BCUT2D eigenvalue weighted by atomic mass is 16.5. The summed E-state index contributed by atoms with van der Waals surface area (Å²) in [5, 5.41) is 3.00. The Bertz CT molecular complexity index is 412. The molecule has 5 nitrogen and oxygen atoms in total. The van der Waals surface area contributed by atoms with E-state index < -0.39 is 0 Å². The summed E-state index contributed by atoms with van der Waals surface area (Å²) in [6.45, 7) is 4.23. The maximum absolute atomic E-state index is 12.1. The van der Waals surface area contributed by atoms with Crippen LogP contribution >= 0.6 is 0 Å². The van der Waals surface area contributed by atoms with Crippen LogP contribution in [0.5, 0.6) is 0 Å². The first-order chi connectivity index (χ1) is 10.7. The smallest absolute Gasteiger partial charge is 0.317 e. The van der Waals surface area contributed by atoms with Gasteiger partial charge < -0.3 is 15.0 Å². The minimum atomic E-state index is -0.119. The first kappa shape index (κ1) is 16.8. The lowest BCUT2D eigenvalue weighted by molar-refractivity contribution is -0.149. The summed E-state index contributed by atoms with van der Waals surface area (Å²) in [7, 11) is 0. The van der Waals surface area contributed by atoms with Crippen molar-refractivity contribution in [1.82, 2.24) is 10.2 Å². The fourth-order valence-corrected chi connectivity index (χ4v) is 3.15. The largest absolute Gasteiger partial charge is 0.466 e. The topological polar surface area (TPSA) is 58.6 Å². The Labute approximate surface area is 133 Å². The molecular weight excluding hydrogens is 280 g/mol. The first-order valence-electron chi connectivity index (χ1n) is 8.58. The molecule has 0 radical (unpaired) electrons. The lowest BCUT2D eigenvalue weighted by Crippen LogP contribution is -2.45. The van der Waals surface area contributed by atoms with Gasteiger partial charge in [0.1, 0.15) is 0 Å². The number of amides is 2. The second-order valence-corrected chi connectivity index (χ2v) is 6.10. The first-order valence-corrected chi connectivity index (χ1v) is 8.58. The molecule has 2 amide bonds. The molecule has 1 aliphatic carbocycles. The third kappa shape index (κ3) is 5.04. The van der Waals surface area contributed by atoms with Gasteiger partial charge in [-0.3, -0.25) is 4.79 Å². The van der Waals surface area contributed by atoms with Crippen LogP contribution in [0.3, 0.4) is 0 Å². The Morgan fingerprint density at radius 1 is 1.32 bits per heavy atom. The third-order valence-electron chi connectivity index (χ3n) is 4.51. The van der Waals surface area contributed by atoms with Crippen LogP contribution in [0.1, 0.15) is 51.9 Å².